The van der Waals surface area contributed by atoms with E-state index in [1.165, 1.54) is 0 Å². The molecule has 7 nitrogen and oxygen atoms in total. The number of halogens is 1. The summed E-state index contributed by atoms with van der Waals surface area (Å²) in [5, 5.41) is 6.32. The topological polar surface area (TPSA) is 69.2 Å². The summed E-state index contributed by atoms with van der Waals surface area (Å²) in [6.07, 6.45) is 4.80. The number of hydrogen-bond acceptors (Lipinski definition) is 4. The molecule has 2 N–H and O–H groups in total. The van der Waals surface area contributed by atoms with E-state index in [1.807, 2.05) is 7.05 Å². The maximum Gasteiger partial charge on any atom is 0.220 e. The molecule has 0 aromatic carbocycles. The summed E-state index contributed by atoms with van der Waals surface area (Å²) in [7, 11) is 7.87. The Morgan fingerprint density at radius 1 is 1.27 bits per heavy atom. The highest BCUT2D eigenvalue weighted by Gasteiger charge is 2.35. The zero-order chi connectivity index (χ0) is 18.3. The van der Waals surface area contributed by atoms with Gasteiger partial charge in [-0.25, -0.2) is 0 Å². The van der Waals surface area contributed by atoms with Crippen LogP contribution in [0.3, 0.4) is 0 Å². The van der Waals surface area contributed by atoms with Crippen LogP contribution in [-0.4, -0.2) is 88.2 Å². The SMILES string of the molecule is CN=C(NCC1(N(C)C)CCOCC1)N1CCC(CC(=O)NC)CC1.I. The second-order valence-corrected chi connectivity index (χ2v) is 7.44. The van der Waals surface area contributed by atoms with Gasteiger partial charge < -0.3 is 25.2 Å². The Kier molecular flexibility index (Phi) is 10.2. The molecule has 1 amide bonds. The summed E-state index contributed by atoms with van der Waals surface area (Å²) in [6.45, 7) is 4.44. The molecular formula is C18H36IN5O2. The number of carbonyl (C=O) groups excluding carboxylic acids is 1. The molecular weight excluding hydrogens is 445 g/mol. The lowest BCUT2D eigenvalue weighted by Crippen LogP contribution is -2.58. The summed E-state index contributed by atoms with van der Waals surface area (Å²) in [4.78, 5) is 20.7. The fourth-order valence-corrected chi connectivity index (χ4v) is 3.82. The van der Waals surface area contributed by atoms with Crippen LogP contribution in [0.15, 0.2) is 4.99 Å². The monoisotopic (exact) mass is 481 g/mol. The van der Waals surface area contributed by atoms with Crippen LogP contribution in [0.5, 0.6) is 0 Å². The number of hydrogen-bond donors (Lipinski definition) is 2. The van der Waals surface area contributed by atoms with E-state index >= 15 is 0 Å². The number of carbonyl (C=O) groups is 1. The summed E-state index contributed by atoms with van der Waals surface area (Å²) >= 11 is 0. The van der Waals surface area contributed by atoms with Crippen LogP contribution in [0.25, 0.3) is 0 Å². The van der Waals surface area contributed by atoms with E-state index in [9.17, 15) is 4.79 Å². The molecule has 0 spiro atoms. The zero-order valence-corrected chi connectivity index (χ0v) is 19.0. The lowest BCUT2D eigenvalue weighted by atomic mass is 9.88. The second kappa shape index (κ2) is 11.3. The van der Waals surface area contributed by atoms with Crippen molar-refractivity contribution < 1.29 is 9.53 Å². The van der Waals surface area contributed by atoms with Crippen molar-refractivity contribution in [2.75, 3.05) is 61.0 Å². The molecule has 0 bridgehead atoms. The Morgan fingerprint density at radius 3 is 2.38 bits per heavy atom. The van der Waals surface area contributed by atoms with Crippen LogP contribution in [-0.2, 0) is 9.53 Å². The van der Waals surface area contributed by atoms with E-state index in [0.717, 1.165) is 64.5 Å². The third kappa shape index (κ3) is 6.23. The van der Waals surface area contributed by atoms with Gasteiger partial charge in [0.1, 0.15) is 0 Å². The van der Waals surface area contributed by atoms with Gasteiger partial charge >= 0.3 is 0 Å². The number of piperidine rings is 1. The largest absolute Gasteiger partial charge is 0.381 e. The summed E-state index contributed by atoms with van der Waals surface area (Å²) in [5.74, 6) is 1.61. The van der Waals surface area contributed by atoms with Crippen LogP contribution in [0.1, 0.15) is 32.1 Å². The van der Waals surface area contributed by atoms with Gasteiger partial charge in [-0.1, -0.05) is 0 Å². The average Bonchev–Trinajstić information content (AvgIpc) is 2.64. The van der Waals surface area contributed by atoms with Gasteiger partial charge in [0.25, 0.3) is 0 Å². The zero-order valence-electron chi connectivity index (χ0n) is 16.7. The number of likely N-dealkylation sites (N-methyl/N-ethyl adjacent to an activating group) is 1. The van der Waals surface area contributed by atoms with E-state index in [2.05, 4.69) is 39.5 Å². The van der Waals surface area contributed by atoms with Crippen LogP contribution in [0.4, 0.5) is 0 Å². The minimum absolute atomic E-state index is 0. The number of guanidine groups is 1. The number of rotatable bonds is 5. The standard InChI is InChI=1S/C18H35N5O2.HI/c1-19-16(24)13-15-5-9-23(10-6-15)17(20-2)21-14-18(22(3)4)7-11-25-12-8-18;/h15H,5-14H2,1-4H3,(H,19,24)(H,20,21);1H. The van der Waals surface area contributed by atoms with Crippen molar-refractivity contribution in [1.82, 2.24) is 20.4 Å². The van der Waals surface area contributed by atoms with Crippen molar-refractivity contribution in [3.8, 4) is 0 Å². The van der Waals surface area contributed by atoms with E-state index in [1.54, 1.807) is 7.05 Å². The number of amides is 1. The smallest absolute Gasteiger partial charge is 0.220 e. The fourth-order valence-electron chi connectivity index (χ4n) is 3.82. The third-order valence-corrected chi connectivity index (χ3v) is 5.83. The Balaban J connectivity index is 0.00000338. The molecule has 2 fully saturated rings. The van der Waals surface area contributed by atoms with Gasteiger partial charge in [0.05, 0.1) is 0 Å². The Hall–Kier alpha value is -0.610. The molecule has 0 saturated carbocycles. The summed E-state index contributed by atoms with van der Waals surface area (Å²) < 4.78 is 5.55. The first-order valence-corrected chi connectivity index (χ1v) is 9.42. The maximum absolute atomic E-state index is 11.6. The van der Waals surface area contributed by atoms with Gasteiger partial charge in [-0.15, -0.1) is 24.0 Å². The Bertz CT molecular complexity index is 458. The highest BCUT2D eigenvalue weighted by Crippen LogP contribution is 2.25. The second-order valence-electron chi connectivity index (χ2n) is 7.44. The number of ether oxygens (including phenoxy) is 1. The molecule has 26 heavy (non-hydrogen) atoms. The molecule has 2 aliphatic heterocycles. The molecule has 0 radical (unpaired) electrons. The lowest BCUT2D eigenvalue weighted by Gasteiger charge is -2.44. The molecule has 0 aromatic rings. The van der Waals surface area contributed by atoms with Crippen molar-refractivity contribution in [3.63, 3.8) is 0 Å². The molecule has 0 aliphatic carbocycles. The van der Waals surface area contributed by atoms with Crippen LogP contribution in [0.2, 0.25) is 0 Å². The van der Waals surface area contributed by atoms with Crippen molar-refractivity contribution in [2.24, 2.45) is 10.9 Å². The van der Waals surface area contributed by atoms with E-state index in [0.29, 0.717) is 12.3 Å². The molecule has 8 heteroatoms. The summed E-state index contributed by atoms with van der Waals surface area (Å²) in [6, 6.07) is 0. The predicted octanol–water partition coefficient (Wildman–Crippen LogP) is 1.14. The summed E-state index contributed by atoms with van der Waals surface area (Å²) in [5.41, 5.74) is 0.131. The first-order chi connectivity index (χ1) is 12.0. The lowest BCUT2D eigenvalue weighted by molar-refractivity contribution is -0.121. The molecule has 2 aliphatic rings. The van der Waals surface area contributed by atoms with E-state index < -0.39 is 0 Å². The van der Waals surface area contributed by atoms with Crippen molar-refractivity contribution in [3.05, 3.63) is 0 Å². The first-order valence-electron chi connectivity index (χ1n) is 9.42. The van der Waals surface area contributed by atoms with E-state index in [4.69, 9.17) is 4.74 Å². The normalized spacial score (nSPS) is 21.3. The van der Waals surface area contributed by atoms with Gasteiger partial charge in [0.15, 0.2) is 5.96 Å². The third-order valence-electron chi connectivity index (χ3n) is 5.83. The molecule has 0 aromatic heterocycles. The van der Waals surface area contributed by atoms with Gasteiger partial charge in [0, 0.05) is 58.9 Å². The molecule has 0 atom stereocenters. The minimum Gasteiger partial charge on any atom is -0.381 e. The quantitative estimate of drug-likeness (QED) is 0.350. The van der Waals surface area contributed by atoms with E-state index in [-0.39, 0.29) is 35.4 Å². The van der Waals surface area contributed by atoms with Gasteiger partial charge in [-0.05, 0) is 45.7 Å². The van der Waals surface area contributed by atoms with Crippen LogP contribution < -0.4 is 10.6 Å². The number of aliphatic imine (C=N–C) groups is 1. The molecule has 2 rings (SSSR count). The number of nitrogens with one attached hydrogen (secondary N) is 2. The highest BCUT2D eigenvalue weighted by atomic mass is 127. The van der Waals surface area contributed by atoms with Crippen LogP contribution in [0, 0.1) is 5.92 Å². The maximum atomic E-state index is 11.6. The predicted molar refractivity (Wildman–Crippen MR) is 116 cm³/mol. The van der Waals surface area contributed by atoms with Crippen molar-refractivity contribution in [1.29, 1.82) is 0 Å². The van der Waals surface area contributed by atoms with Gasteiger partial charge in [0.2, 0.25) is 5.91 Å². The average molecular weight is 481 g/mol. The molecule has 0 unspecified atom stereocenters. The molecule has 152 valence electrons. The molecule has 2 heterocycles. The molecule has 2 saturated heterocycles. The van der Waals surface area contributed by atoms with Crippen molar-refractivity contribution in [2.45, 2.75) is 37.6 Å². The Labute approximate surface area is 175 Å². The van der Waals surface area contributed by atoms with Crippen molar-refractivity contribution >= 4 is 35.8 Å². The number of likely N-dealkylation sites (tertiary alicyclic amines) is 1. The highest BCUT2D eigenvalue weighted by molar-refractivity contribution is 14.0. The van der Waals surface area contributed by atoms with Gasteiger partial charge in [-0.2, -0.15) is 0 Å². The Morgan fingerprint density at radius 2 is 1.88 bits per heavy atom. The van der Waals surface area contributed by atoms with Crippen LogP contribution >= 0.6 is 24.0 Å². The minimum atomic E-state index is 0. The first kappa shape index (κ1) is 23.4. The fraction of sp³-hybridized carbons (Fsp3) is 0.889. The number of nitrogens with zero attached hydrogens (tertiary/aromatic N) is 3. The van der Waals surface area contributed by atoms with Gasteiger partial charge in [-0.3, -0.25) is 9.79 Å².